The van der Waals surface area contributed by atoms with Crippen LogP contribution in [-0.4, -0.2) is 42.1 Å². The van der Waals surface area contributed by atoms with Gasteiger partial charge in [0.15, 0.2) is 0 Å². The number of ether oxygens (including phenoxy) is 1. The molecule has 6 heteroatoms. The molecule has 0 aromatic heterocycles. The van der Waals surface area contributed by atoms with Gasteiger partial charge >= 0.3 is 6.09 Å². The Morgan fingerprint density at radius 1 is 1.03 bits per heavy atom. The van der Waals surface area contributed by atoms with E-state index in [4.69, 9.17) is 4.74 Å². The predicted molar refractivity (Wildman–Crippen MR) is 136 cm³/mol. The van der Waals surface area contributed by atoms with Crippen molar-refractivity contribution in [1.82, 2.24) is 10.2 Å². The molecule has 6 nitrogen and oxygen atoms in total. The van der Waals surface area contributed by atoms with Gasteiger partial charge in [0.25, 0.3) is 0 Å². The van der Waals surface area contributed by atoms with Crippen molar-refractivity contribution >= 4 is 17.7 Å². The third kappa shape index (κ3) is 5.61. The number of anilines is 1. The molecule has 2 atom stereocenters. The lowest BCUT2D eigenvalue weighted by Crippen LogP contribution is -2.45. The molecule has 0 radical (unpaired) electrons. The highest BCUT2D eigenvalue weighted by Gasteiger charge is 2.33. The van der Waals surface area contributed by atoms with Crippen LogP contribution in [0, 0.1) is 0 Å². The van der Waals surface area contributed by atoms with Gasteiger partial charge in [-0.1, -0.05) is 36.8 Å². The fourth-order valence-corrected chi connectivity index (χ4v) is 5.23. The molecule has 1 N–H and O–H groups in total. The number of nitrogens with zero attached hydrogens (tertiary/aromatic N) is 2. The van der Waals surface area contributed by atoms with Crippen molar-refractivity contribution in [3.63, 3.8) is 0 Å². The van der Waals surface area contributed by atoms with E-state index in [-0.39, 0.29) is 24.1 Å². The van der Waals surface area contributed by atoms with Crippen LogP contribution < -0.4 is 10.2 Å². The van der Waals surface area contributed by atoms with Gasteiger partial charge in [-0.3, -0.25) is 9.69 Å². The van der Waals surface area contributed by atoms with Gasteiger partial charge in [-0.05, 0) is 87.5 Å². The first-order valence-corrected chi connectivity index (χ1v) is 12.5. The van der Waals surface area contributed by atoms with E-state index in [1.807, 2.05) is 31.7 Å². The van der Waals surface area contributed by atoms with Gasteiger partial charge in [0.05, 0.1) is 12.1 Å². The van der Waals surface area contributed by atoms with E-state index in [0.717, 1.165) is 28.9 Å². The Hall–Kier alpha value is -2.86. The second kappa shape index (κ2) is 10.6. The zero-order valence-corrected chi connectivity index (χ0v) is 20.8. The highest BCUT2D eigenvalue weighted by Crippen LogP contribution is 2.39. The number of likely N-dealkylation sites (tertiary alicyclic amines) is 1. The molecule has 34 heavy (non-hydrogen) atoms. The number of piperidine rings is 1. The van der Waals surface area contributed by atoms with E-state index in [1.54, 1.807) is 6.92 Å². The summed E-state index contributed by atoms with van der Waals surface area (Å²) >= 11 is 0. The predicted octanol–water partition coefficient (Wildman–Crippen LogP) is 5.66. The third-order valence-electron chi connectivity index (χ3n) is 6.80. The molecule has 0 saturated carbocycles. The average Bonchev–Trinajstić information content (AvgIpc) is 2.79. The second-order valence-electron chi connectivity index (χ2n) is 9.93. The molecule has 182 valence electrons. The first kappa shape index (κ1) is 24.3. The number of carbonyl (C=O) groups excluding carboxylic acids is 2. The van der Waals surface area contributed by atoms with E-state index < -0.39 is 6.09 Å². The number of alkyl carbamates (subject to hydrolysis) is 1. The van der Waals surface area contributed by atoms with Gasteiger partial charge in [0.2, 0.25) is 5.91 Å². The lowest BCUT2D eigenvalue weighted by Gasteiger charge is -2.39. The normalized spacial score (nSPS) is 20.7. The highest BCUT2D eigenvalue weighted by molar-refractivity contribution is 5.94. The largest absolute Gasteiger partial charge is 0.447 e. The fourth-order valence-electron chi connectivity index (χ4n) is 5.23. The maximum atomic E-state index is 12.4. The van der Waals surface area contributed by atoms with Crippen LogP contribution in [0.4, 0.5) is 10.5 Å². The van der Waals surface area contributed by atoms with Gasteiger partial charge in [-0.2, -0.15) is 0 Å². The zero-order chi connectivity index (χ0) is 24.2. The van der Waals surface area contributed by atoms with Crippen molar-refractivity contribution < 1.29 is 14.3 Å². The van der Waals surface area contributed by atoms with Crippen LogP contribution in [0.15, 0.2) is 42.5 Å². The van der Waals surface area contributed by atoms with E-state index in [1.165, 1.54) is 37.9 Å². The summed E-state index contributed by atoms with van der Waals surface area (Å²) in [5.41, 5.74) is 5.33. The Labute approximate surface area is 203 Å². The summed E-state index contributed by atoms with van der Waals surface area (Å²) in [5, 5.41) is 3.02. The monoisotopic (exact) mass is 463 g/mol. The summed E-state index contributed by atoms with van der Waals surface area (Å²) in [6.45, 7) is 10.7. The molecule has 2 aliphatic rings. The van der Waals surface area contributed by atoms with Crippen LogP contribution in [-0.2, 0) is 16.1 Å². The van der Waals surface area contributed by atoms with Gasteiger partial charge in [0, 0.05) is 25.2 Å². The second-order valence-corrected chi connectivity index (χ2v) is 9.93. The lowest BCUT2D eigenvalue weighted by molar-refractivity contribution is -0.117. The Balaban J connectivity index is 1.59. The van der Waals surface area contributed by atoms with Crippen molar-refractivity contribution in [3.8, 4) is 11.1 Å². The van der Waals surface area contributed by atoms with Crippen LogP contribution in [0.1, 0.15) is 70.5 Å². The van der Waals surface area contributed by atoms with Gasteiger partial charge < -0.3 is 15.0 Å². The molecule has 0 spiro atoms. The van der Waals surface area contributed by atoms with Crippen molar-refractivity contribution in [2.75, 3.05) is 18.0 Å². The minimum Gasteiger partial charge on any atom is -0.447 e. The molecular formula is C28H37N3O3. The molecule has 1 fully saturated rings. The van der Waals surface area contributed by atoms with E-state index >= 15 is 0 Å². The molecule has 0 aliphatic carbocycles. The highest BCUT2D eigenvalue weighted by atomic mass is 16.6. The van der Waals surface area contributed by atoms with Crippen molar-refractivity contribution in [1.29, 1.82) is 0 Å². The number of hydrogen-bond acceptors (Lipinski definition) is 4. The van der Waals surface area contributed by atoms with Crippen LogP contribution in [0.3, 0.4) is 0 Å². The Bertz CT molecular complexity index is 1010. The molecule has 0 unspecified atom stereocenters. The minimum atomic E-state index is -0.429. The van der Waals surface area contributed by atoms with Gasteiger partial charge in [-0.15, -0.1) is 0 Å². The van der Waals surface area contributed by atoms with Crippen LogP contribution >= 0.6 is 0 Å². The van der Waals surface area contributed by atoms with Crippen LogP contribution in [0.25, 0.3) is 11.1 Å². The number of hydrogen-bond donors (Lipinski definition) is 1. The molecular weight excluding hydrogens is 426 g/mol. The lowest BCUT2D eigenvalue weighted by atomic mass is 9.89. The molecule has 2 heterocycles. The number of fused-ring (bicyclic) bond motifs is 1. The first-order chi connectivity index (χ1) is 16.3. The molecule has 2 aromatic carbocycles. The Morgan fingerprint density at radius 2 is 1.71 bits per heavy atom. The smallest absolute Gasteiger partial charge is 0.407 e. The maximum absolute atomic E-state index is 12.4. The molecule has 2 aromatic rings. The van der Waals surface area contributed by atoms with E-state index in [9.17, 15) is 9.59 Å². The van der Waals surface area contributed by atoms with Crippen LogP contribution in [0.5, 0.6) is 0 Å². The van der Waals surface area contributed by atoms with Crippen LogP contribution in [0.2, 0.25) is 0 Å². The zero-order valence-electron chi connectivity index (χ0n) is 20.8. The number of benzene rings is 2. The Kier molecular flexibility index (Phi) is 7.57. The summed E-state index contributed by atoms with van der Waals surface area (Å²) in [6.07, 6.45) is 3.95. The summed E-state index contributed by atoms with van der Waals surface area (Å²) in [5.74, 6) is 0.00627. The van der Waals surface area contributed by atoms with Gasteiger partial charge in [-0.25, -0.2) is 4.79 Å². The first-order valence-electron chi connectivity index (χ1n) is 12.5. The quantitative estimate of drug-likeness (QED) is 0.621. The number of nitrogens with one attached hydrogen (secondary N) is 1. The van der Waals surface area contributed by atoms with Gasteiger partial charge in [0.1, 0.15) is 0 Å². The molecule has 0 bridgehead atoms. The average molecular weight is 464 g/mol. The van der Waals surface area contributed by atoms with Crippen molar-refractivity contribution in [3.05, 3.63) is 53.6 Å². The fraction of sp³-hybridized carbons (Fsp3) is 0.500. The van der Waals surface area contributed by atoms with Crippen molar-refractivity contribution in [2.45, 2.75) is 78.1 Å². The topological polar surface area (TPSA) is 61.9 Å². The van der Waals surface area contributed by atoms with E-state index in [0.29, 0.717) is 6.42 Å². The summed E-state index contributed by atoms with van der Waals surface area (Å²) in [7, 11) is 0. The molecule has 1 saturated heterocycles. The standard InChI is InChI=1S/C28H37N3O3/c1-19(2)34-28(33)29-26-16-20(3)31(21(4)32)27-13-12-24(17-25(26)27)23-10-8-22(9-11-23)18-30-14-6-5-7-15-30/h8-13,17,19-20,26H,5-7,14-16,18H2,1-4H3,(H,29,33)/t20-,26+/m1/s1. The van der Waals surface area contributed by atoms with Crippen molar-refractivity contribution in [2.24, 2.45) is 0 Å². The number of rotatable bonds is 5. The Morgan fingerprint density at radius 3 is 2.35 bits per heavy atom. The molecule has 2 aliphatic heterocycles. The van der Waals surface area contributed by atoms with E-state index in [2.05, 4.69) is 46.6 Å². The number of carbonyl (C=O) groups is 2. The molecule has 4 rings (SSSR count). The summed E-state index contributed by atoms with van der Waals surface area (Å²) in [6, 6.07) is 14.7. The minimum absolute atomic E-state index is 0.00627. The third-order valence-corrected chi connectivity index (χ3v) is 6.80. The summed E-state index contributed by atoms with van der Waals surface area (Å²) < 4.78 is 5.33. The number of amides is 2. The summed E-state index contributed by atoms with van der Waals surface area (Å²) in [4.78, 5) is 29.2. The maximum Gasteiger partial charge on any atom is 0.407 e. The SMILES string of the molecule is CC(=O)N1c2ccc(-c3ccc(CN4CCCCC4)cc3)cc2[C@@H](NC(=O)OC(C)C)C[C@H]1C. The molecule has 2 amide bonds.